The number of primary amides is 1. The van der Waals surface area contributed by atoms with E-state index in [4.69, 9.17) is 15.2 Å². The molecule has 2 aromatic carbocycles. The van der Waals surface area contributed by atoms with Crippen LogP contribution in [0.5, 0.6) is 11.5 Å². The molecule has 0 saturated heterocycles. The van der Waals surface area contributed by atoms with E-state index in [0.717, 1.165) is 33.9 Å². The van der Waals surface area contributed by atoms with Crippen molar-refractivity contribution in [3.8, 4) is 22.6 Å². The quantitative estimate of drug-likeness (QED) is 0.740. The molecule has 0 bridgehead atoms. The number of nitrogens with two attached hydrogens (primary N) is 1. The van der Waals surface area contributed by atoms with Crippen molar-refractivity contribution in [2.45, 2.75) is 6.54 Å². The van der Waals surface area contributed by atoms with E-state index in [0.29, 0.717) is 12.1 Å². The highest BCUT2D eigenvalue weighted by Gasteiger charge is 2.13. The molecule has 0 fully saturated rings. The standard InChI is InChI=1S/C20H17N3O3/c21-20(24)15-3-1-2-14(7-15)16-8-17(11-22-10-16)23-9-13-4-5-18-19(6-13)26-12-25-18/h1-8,10-11,23H,9,12H2,(H2,21,24). The van der Waals surface area contributed by atoms with E-state index >= 15 is 0 Å². The number of benzene rings is 2. The van der Waals surface area contributed by atoms with Gasteiger partial charge in [-0.15, -0.1) is 0 Å². The van der Waals surface area contributed by atoms with Crippen molar-refractivity contribution in [3.63, 3.8) is 0 Å². The lowest BCUT2D eigenvalue weighted by Gasteiger charge is -2.09. The number of carbonyl (C=O) groups is 1. The minimum absolute atomic E-state index is 0.266. The van der Waals surface area contributed by atoms with Gasteiger partial charge in [0.2, 0.25) is 12.7 Å². The summed E-state index contributed by atoms with van der Waals surface area (Å²) in [6.45, 7) is 0.894. The average molecular weight is 347 g/mol. The van der Waals surface area contributed by atoms with E-state index in [1.165, 1.54) is 0 Å². The van der Waals surface area contributed by atoms with E-state index in [1.54, 1.807) is 24.5 Å². The second-order valence-corrected chi connectivity index (χ2v) is 5.95. The number of pyridine rings is 1. The third kappa shape index (κ3) is 3.30. The largest absolute Gasteiger partial charge is 0.454 e. The van der Waals surface area contributed by atoms with Gasteiger partial charge in [0.25, 0.3) is 0 Å². The second-order valence-electron chi connectivity index (χ2n) is 5.95. The van der Waals surface area contributed by atoms with Crippen LogP contribution >= 0.6 is 0 Å². The molecule has 2 heterocycles. The molecule has 0 saturated carbocycles. The molecule has 1 aliphatic rings. The molecule has 0 spiro atoms. The SMILES string of the molecule is NC(=O)c1cccc(-c2cncc(NCc3ccc4c(c3)OCO4)c2)c1. The number of fused-ring (bicyclic) bond motifs is 1. The summed E-state index contributed by atoms with van der Waals surface area (Å²) in [6.07, 6.45) is 3.51. The summed E-state index contributed by atoms with van der Waals surface area (Å²) in [4.78, 5) is 15.6. The fourth-order valence-corrected chi connectivity index (χ4v) is 2.80. The summed E-state index contributed by atoms with van der Waals surface area (Å²) in [5.74, 6) is 1.09. The zero-order valence-corrected chi connectivity index (χ0v) is 13.9. The van der Waals surface area contributed by atoms with Gasteiger partial charge in [0.05, 0.1) is 5.69 Å². The normalized spacial score (nSPS) is 12.0. The zero-order valence-electron chi connectivity index (χ0n) is 13.9. The number of nitrogens with zero attached hydrogens (tertiary/aromatic N) is 1. The Labute approximate surface area is 150 Å². The van der Waals surface area contributed by atoms with Gasteiger partial charge in [0, 0.05) is 30.1 Å². The Morgan fingerprint density at radius 1 is 1.04 bits per heavy atom. The highest BCUT2D eigenvalue weighted by Crippen LogP contribution is 2.32. The molecule has 3 aromatic rings. The molecule has 130 valence electrons. The van der Waals surface area contributed by atoms with E-state index in [1.807, 2.05) is 36.4 Å². The number of amides is 1. The Hall–Kier alpha value is -3.54. The fraction of sp³-hybridized carbons (Fsp3) is 0.100. The van der Waals surface area contributed by atoms with Crippen LogP contribution in [0.4, 0.5) is 5.69 Å². The molecular weight excluding hydrogens is 330 g/mol. The molecule has 6 nitrogen and oxygen atoms in total. The molecule has 1 aromatic heterocycles. The number of nitrogens with one attached hydrogen (secondary N) is 1. The number of anilines is 1. The van der Waals surface area contributed by atoms with Crippen molar-refractivity contribution in [1.82, 2.24) is 4.98 Å². The molecule has 1 amide bonds. The number of hydrogen-bond acceptors (Lipinski definition) is 5. The van der Waals surface area contributed by atoms with Crippen LogP contribution in [0.15, 0.2) is 60.9 Å². The summed E-state index contributed by atoms with van der Waals surface area (Å²) in [5.41, 5.74) is 9.58. The number of ether oxygens (including phenoxy) is 2. The number of carbonyl (C=O) groups excluding carboxylic acids is 1. The van der Waals surface area contributed by atoms with Crippen LogP contribution in [0.2, 0.25) is 0 Å². The molecule has 6 heteroatoms. The summed E-state index contributed by atoms with van der Waals surface area (Å²) in [5, 5.41) is 3.35. The van der Waals surface area contributed by atoms with Gasteiger partial charge in [0.1, 0.15) is 0 Å². The van der Waals surface area contributed by atoms with Crippen molar-refractivity contribution < 1.29 is 14.3 Å². The maximum atomic E-state index is 11.4. The minimum Gasteiger partial charge on any atom is -0.454 e. The maximum Gasteiger partial charge on any atom is 0.248 e. The number of hydrogen-bond donors (Lipinski definition) is 2. The Morgan fingerprint density at radius 3 is 2.81 bits per heavy atom. The smallest absolute Gasteiger partial charge is 0.248 e. The maximum absolute atomic E-state index is 11.4. The van der Waals surface area contributed by atoms with Gasteiger partial charge in [-0.25, -0.2) is 0 Å². The first-order chi connectivity index (χ1) is 12.7. The fourth-order valence-electron chi connectivity index (χ4n) is 2.80. The van der Waals surface area contributed by atoms with Crippen LogP contribution < -0.4 is 20.5 Å². The number of aromatic nitrogens is 1. The van der Waals surface area contributed by atoms with E-state index in [9.17, 15) is 4.79 Å². The lowest BCUT2D eigenvalue weighted by Crippen LogP contribution is -2.10. The van der Waals surface area contributed by atoms with Crippen molar-refractivity contribution in [3.05, 3.63) is 72.1 Å². The zero-order chi connectivity index (χ0) is 17.9. The van der Waals surface area contributed by atoms with E-state index in [-0.39, 0.29) is 6.79 Å². The molecule has 4 rings (SSSR count). The van der Waals surface area contributed by atoms with E-state index in [2.05, 4.69) is 10.3 Å². The third-order valence-corrected chi connectivity index (χ3v) is 4.15. The average Bonchev–Trinajstić information content (AvgIpc) is 3.14. The van der Waals surface area contributed by atoms with Crippen LogP contribution in [0.3, 0.4) is 0 Å². The molecular formula is C20H17N3O3. The van der Waals surface area contributed by atoms with Crippen LogP contribution in [0.1, 0.15) is 15.9 Å². The van der Waals surface area contributed by atoms with Crippen LogP contribution in [0.25, 0.3) is 11.1 Å². The lowest BCUT2D eigenvalue weighted by atomic mass is 10.0. The Bertz CT molecular complexity index is 972. The Balaban J connectivity index is 1.51. The molecule has 0 atom stereocenters. The Morgan fingerprint density at radius 2 is 1.92 bits per heavy atom. The first-order valence-electron chi connectivity index (χ1n) is 8.17. The lowest BCUT2D eigenvalue weighted by molar-refractivity contribution is 0.100. The van der Waals surface area contributed by atoms with Crippen molar-refractivity contribution >= 4 is 11.6 Å². The predicted molar refractivity (Wildman–Crippen MR) is 98.1 cm³/mol. The topological polar surface area (TPSA) is 86.5 Å². The van der Waals surface area contributed by atoms with Gasteiger partial charge < -0.3 is 20.5 Å². The highest BCUT2D eigenvalue weighted by molar-refractivity contribution is 5.94. The van der Waals surface area contributed by atoms with Gasteiger partial charge in [-0.1, -0.05) is 18.2 Å². The first-order valence-corrected chi connectivity index (χ1v) is 8.17. The predicted octanol–water partition coefficient (Wildman–Crippen LogP) is 3.19. The monoisotopic (exact) mass is 347 g/mol. The van der Waals surface area contributed by atoms with Crippen LogP contribution in [0, 0.1) is 0 Å². The second kappa shape index (κ2) is 6.76. The van der Waals surface area contributed by atoms with Crippen molar-refractivity contribution in [2.75, 3.05) is 12.1 Å². The molecule has 3 N–H and O–H groups in total. The molecule has 26 heavy (non-hydrogen) atoms. The Kier molecular flexibility index (Phi) is 4.15. The van der Waals surface area contributed by atoms with Gasteiger partial charge in [0.15, 0.2) is 11.5 Å². The summed E-state index contributed by atoms with van der Waals surface area (Å²) in [6, 6.07) is 15.0. The van der Waals surface area contributed by atoms with Crippen molar-refractivity contribution in [1.29, 1.82) is 0 Å². The highest BCUT2D eigenvalue weighted by atomic mass is 16.7. The van der Waals surface area contributed by atoms with Crippen molar-refractivity contribution in [2.24, 2.45) is 5.73 Å². The van der Waals surface area contributed by atoms with Crippen LogP contribution in [-0.2, 0) is 6.54 Å². The van der Waals surface area contributed by atoms with E-state index < -0.39 is 5.91 Å². The molecule has 1 aliphatic heterocycles. The van der Waals surface area contributed by atoms with Crippen LogP contribution in [-0.4, -0.2) is 17.7 Å². The van der Waals surface area contributed by atoms with Gasteiger partial charge in [-0.2, -0.15) is 0 Å². The van der Waals surface area contributed by atoms with Gasteiger partial charge in [-0.05, 0) is 41.5 Å². The molecule has 0 unspecified atom stereocenters. The molecule has 0 aliphatic carbocycles. The minimum atomic E-state index is -0.447. The summed E-state index contributed by atoms with van der Waals surface area (Å²) >= 11 is 0. The summed E-state index contributed by atoms with van der Waals surface area (Å²) < 4.78 is 10.7. The summed E-state index contributed by atoms with van der Waals surface area (Å²) in [7, 11) is 0. The number of rotatable bonds is 5. The van der Waals surface area contributed by atoms with Gasteiger partial charge in [-0.3, -0.25) is 9.78 Å². The first kappa shape index (κ1) is 16.0. The third-order valence-electron chi connectivity index (χ3n) is 4.15. The van der Waals surface area contributed by atoms with Gasteiger partial charge >= 0.3 is 0 Å². The molecule has 0 radical (unpaired) electrons.